The van der Waals surface area contributed by atoms with Crippen LogP contribution in [0.1, 0.15) is 5.56 Å². The smallest absolute Gasteiger partial charge is 0.231 e. The number of aromatic nitrogens is 1. The molecule has 148 valence electrons. The number of anilines is 2. The number of sulfonamides is 1. The van der Waals surface area contributed by atoms with Gasteiger partial charge in [-0.3, -0.25) is 9.52 Å². The van der Waals surface area contributed by atoms with E-state index in [0.717, 1.165) is 16.5 Å². The fourth-order valence-corrected chi connectivity index (χ4v) is 4.33. The number of ether oxygens (including phenoxy) is 2. The molecule has 2 aromatic carbocycles. The Hall–Kier alpha value is -2.85. The summed E-state index contributed by atoms with van der Waals surface area (Å²) in [7, 11) is -0.298. The van der Waals surface area contributed by atoms with Crippen molar-refractivity contribution < 1.29 is 22.7 Å². The van der Waals surface area contributed by atoms with Gasteiger partial charge in [0.25, 0.3) is 0 Å². The summed E-state index contributed by atoms with van der Waals surface area (Å²) < 4.78 is 36.2. The zero-order chi connectivity index (χ0) is 20.3. The van der Waals surface area contributed by atoms with Crippen molar-refractivity contribution in [2.45, 2.75) is 6.42 Å². The molecule has 0 spiro atoms. The van der Waals surface area contributed by atoms with E-state index in [-0.39, 0.29) is 17.5 Å². The van der Waals surface area contributed by atoms with E-state index in [4.69, 9.17) is 9.47 Å². The highest BCUT2D eigenvalue weighted by atomic mass is 32.2. The van der Waals surface area contributed by atoms with Crippen molar-refractivity contribution in [2.24, 2.45) is 0 Å². The van der Waals surface area contributed by atoms with E-state index in [0.29, 0.717) is 22.7 Å². The van der Waals surface area contributed by atoms with Crippen molar-refractivity contribution >= 4 is 48.3 Å². The molecule has 0 saturated carbocycles. The van der Waals surface area contributed by atoms with Crippen molar-refractivity contribution in [3.05, 3.63) is 42.0 Å². The largest absolute Gasteiger partial charge is 0.493 e. The summed E-state index contributed by atoms with van der Waals surface area (Å²) in [6.45, 7) is 0. The molecule has 1 heterocycles. The number of methoxy groups -OCH3 is 2. The first kappa shape index (κ1) is 19.9. The van der Waals surface area contributed by atoms with Crippen LogP contribution in [0.25, 0.3) is 10.2 Å². The van der Waals surface area contributed by atoms with Crippen molar-refractivity contribution in [2.75, 3.05) is 30.5 Å². The summed E-state index contributed by atoms with van der Waals surface area (Å²) >= 11 is 1.20. The van der Waals surface area contributed by atoms with Gasteiger partial charge in [0, 0.05) is 5.69 Å². The number of fused-ring (bicyclic) bond motifs is 1. The third-order valence-corrected chi connectivity index (χ3v) is 5.38. The van der Waals surface area contributed by atoms with E-state index in [1.807, 2.05) is 0 Å². The first-order valence-electron chi connectivity index (χ1n) is 8.16. The van der Waals surface area contributed by atoms with E-state index in [1.54, 1.807) is 50.6 Å². The lowest BCUT2D eigenvalue weighted by molar-refractivity contribution is -0.115. The van der Waals surface area contributed by atoms with Crippen LogP contribution in [-0.4, -0.2) is 39.8 Å². The highest BCUT2D eigenvalue weighted by Crippen LogP contribution is 2.30. The maximum atomic E-state index is 12.4. The summed E-state index contributed by atoms with van der Waals surface area (Å²) in [5.41, 5.74) is 2.04. The van der Waals surface area contributed by atoms with Crippen LogP contribution in [0.5, 0.6) is 11.5 Å². The Morgan fingerprint density at radius 3 is 2.54 bits per heavy atom. The Bertz CT molecular complexity index is 1130. The minimum absolute atomic E-state index is 0.169. The number of rotatable bonds is 7. The molecule has 2 N–H and O–H groups in total. The van der Waals surface area contributed by atoms with Crippen LogP contribution >= 0.6 is 11.3 Å². The van der Waals surface area contributed by atoms with Gasteiger partial charge in [0.05, 0.1) is 37.1 Å². The molecule has 0 radical (unpaired) electrons. The zero-order valence-corrected chi connectivity index (χ0v) is 17.1. The Balaban J connectivity index is 1.72. The number of thiazole rings is 1. The molecule has 0 fully saturated rings. The van der Waals surface area contributed by atoms with Gasteiger partial charge in [0.15, 0.2) is 16.6 Å². The second-order valence-corrected chi connectivity index (χ2v) is 8.77. The highest BCUT2D eigenvalue weighted by molar-refractivity contribution is 7.92. The number of hydrogen-bond donors (Lipinski definition) is 2. The Morgan fingerprint density at radius 1 is 1.11 bits per heavy atom. The van der Waals surface area contributed by atoms with Gasteiger partial charge in [-0.05, 0) is 35.9 Å². The number of amides is 1. The maximum Gasteiger partial charge on any atom is 0.231 e. The Kier molecular flexibility index (Phi) is 5.71. The second kappa shape index (κ2) is 8.03. The van der Waals surface area contributed by atoms with Gasteiger partial charge in [-0.15, -0.1) is 0 Å². The van der Waals surface area contributed by atoms with Gasteiger partial charge in [0.2, 0.25) is 15.9 Å². The number of nitrogens with zero attached hydrogens (tertiary/aromatic N) is 1. The topological polar surface area (TPSA) is 107 Å². The van der Waals surface area contributed by atoms with E-state index in [1.165, 1.54) is 11.3 Å². The molecule has 0 unspecified atom stereocenters. The zero-order valence-electron chi connectivity index (χ0n) is 15.5. The molecule has 3 rings (SSSR count). The Labute approximate surface area is 166 Å². The average molecular weight is 422 g/mol. The van der Waals surface area contributed by atoms with E-state index in [9.17, 15) is 13.2 Å². The molecule has 0 saturated heterocycles. The molecule has 10 heteroatoms. The van der Waals surface area contributed by atoms with Crippen LogP contribution < -0.4 is 19.5 Å². The monoisotopic (exact) mass is 421 g/mol. The number of carbonyl (C=O) groups is 1. The van der Waals surface area contributed by atoms with Gasteiger partial charge in [-0.25, -0.2) is 13.4 Å². The normalized spacial score (nSPS) is 11.2. The Morgan fingerprint density at radius 2 is 1.86 bits per heavy atom. The predicted octanol–water partition coefficient (Wildman–Crippen LogP) is 2.87. The quantitative estimate of drug-likeness (QED) is 0.608. The predicted molar refractivity (Wildman–Crippen MR) is 110 cm³/mol. The minimum atomic E-state index is -3.39. The third kappa shape index (κ3) is 4.90. The van der Waals surface area contributed by atoms with Crippen molar-refractivity contribution in [1.82, 2.24) is 4.98 Å². The molecule has 3 aromatic rings. The molecule has 0 atom stereocenters. The van der Waals surface area contributed by atoms with Crippen LogP contribution in [0, 0.1) is 0 Å². The molecule has 0 bridgehead atoms. The van der Waals surface area contributed by atoms with Crippen LogP contribution in [-0.2, 0) is 21.2 Å². The molecule has 1 amide bonds. The molecular weight excluding hydrogens is 402 g/mol. The van der Waals surface area contributed by atoms with Crippen molar-refractivity contribution in [3.63, 3.8) is 0 Å². The third-order valence-electron chi connectivity index (χ3n) is 3.76. The summed E-state index contributed by atoms with van der Waals surface area (Å²) in [6, 6.07) is 10.5. The molecule has 0 aliphatic carbocycles. The van der Waals surface area contributed by atoms with Crippen molar-refractivity contribution in [1.29, 1.82) is 0 Å². The van der Waals surface area contributed by atoms with Crippen LogP contribution in [0.15, 0.2) is 36.4 Å². The first-order chi connectivity index (χ1) is 13.3. The fraction of sp³-hybridized carbons (Fsp3) is 0.222. The van der Waals surface area contributed by atoms with Gasteiger partial charge in [-0.1, -0.05) is 17.4 Å². The fourth-order valence-electron chi connectivity index (χ4n) is 2.59. The highest BCUT2D eigenvalue weighted by Gasteiger charge is 2.11. The average Bonchev–Trinajstić information content (AvgIpc) is 3.00. The van der Waals surface area contributed by atoms with E-state index < -0.39 is 10.0 Å². The van der Waals surface area contributed by atoms with E-state index >= 15 is 0 Å². The summed E-state index contributed by atoms with van der Waals surface area (Å²) in [6.07, 6.45) is 1.24. The van der Waals surface area contributed by atoms with Gasteiger partial charge in [-0.2, -0.15) is 0 Å². The molecular formula is C18H19N3O5S2. The molecule has 1 aromatic heterocycles. The van der Waals surface area contributed by atoms with Crippen LogP contribution in [0.4, 0.5) is 10.8 Å². The maximum absolute atomic E-state index is 12.4. The lowest BCUT2D eigenvalue weighted by atomic mass is 10.1. The van der Waals surface area contributed by atoms with Crippen LogP contribution in [0.3, 0.4) is 0 Å². The molecule has 0 aliphatic heterocycles. The van der Waals surface area contributed by atoms with Crippen molar-refractivity contribution in [3.8, 4) is 11.5 Å². The van der Waals surface area contributed by atoms with Gasteiger partial charge < -0.3 is 14.8 Å². The van der Waals surface area contributed by atoms with Gasteiger partial charge in [0.1, 0.15) is 0 Å². The van der Waals surface area contributed by atoms with E-state index in [2.05, 4.69) is 15.0 Å². The number of nitrogens with one attached hydrogen (secondary N) is 2. The molecule has 28 heavy (non-hydrogen) atoms. The second-order valence-electron chi connectivity index (χ2n) is 5.99. The lowest BCUT2D eigenvalue weighted by Gasteiger charge is -2.10. The van der Waals surface area contributed by atoms with Gasteiger partial charge >= 0.3 is 0 Å². The standard InChI is InChI=1S/C18H19N3O5S2/c1-25-14-7-4-11(8-15(14)26-2)9-17(22)19-12-5-6-13-16(10-12)27-18(20-13)21-28(3,23)24/h4-8,10H,9H2,1-3H3,(H,19,22)(H,20,21). The molecule has 0 aliphatic rings. The summed E-state index contributed by atoms with van der Waals surface area (Å²) in [5.74, 6) is 0.969. The van der Waals surface area contributed by atoms with Crippen LogP contribution in [0.2, 0.25) is 0 Å². The minimum Gasteiger partial charge on any atom is -0.493 e. The number of benzene rings is 2. The number of carbonyl (C=O) groups excluding carboxylic acids is 1. The summed E-state index contributed by atoms with van der Waals surface area (Å²) in [5, 5.41) is 3.12. The number of hydrogen-bond acceptors (Lipinski definition) is 7. The molecule has 8 nitrogen and oxygen atoms in total. The summed E-state index contributed by atoms with van der Waals surface area (Å²) in [4.78, 5) is 16.6. The lowest BCUT2D eigenvalue weighted by Crippen LogP contribution is -2.14. The first-order valence-corrected chi connectivity index (χ1v) is 10.9. The SMILES string of the molecule is COc1ccc(CC(=O)Nc2ccc3nc(NS(C)(=O)=O)sc3c2)cc1OC.